The molecule has 0 aliphatic carbocycles. The van der Waals surface area contributed by atoms with Crippen LogP contribution >= 0.6 is 0 Å². The molecule has 1 aromatic carbocycles. The van der Waals surface area contributed by atoms with Crippen LogP contribution in [0.2, 0.25) is 0 Å². The van der Waals surface area contributed by atoms with Crippen LogP contribution in [0.4, 0.5) is 8.78 Å². The first kappa shape index (κ1) is 7.85. The van der Waals surface area contributed by atoms with E-state index in [1.165, 1.54) is 12.1 Å². The van der Waals surface area contributed by atoms with Crippen LogP contribution in [-0.2, 0) is 0 Å². The van der Waals surface area contributed by atoms with E-state index in [2.05, 4.69) is 4.98 Å². The first-order valence-electron chi connectivity index (χ1n) is 3.52. The van der Waals surface area contributed by atoms with Gasteiger partial charge in [-0.3, -0.25) is 4.98 Å². The molecule has 0 aliphatic heterocycles. The van der Waals surface area contributed by atoms with Gasteiger partial charge in [0, 0.05) is 0 Å². The first-order chi connectivity index (χ1) is 6.18. The van der Waals surface area contributed by atoms with Gasteiger partial charge in [0.25, 0.3) is 0 Å². The normalized spacial score (nSPS) is 10.6. The van der Waals surface area contributed by atoms with Gasteiger partial charge in [0.15, 0.2) is 0 Å². The summed E-state index contributed by atoms with van der Waals surface area (Å²) in [5.74, 6) is -1.73. The summed E-state index contributed by atoms with van der Waals surface area (Å²) in [6.07, 6.45) is 0. The van der Waals surface area contributed by atoms with E-state index < -0.39 is 17.5 Å². The van der Waals surface area contributed by atoms with Crippen molar-refractivity contribution < 1.29 is 8.78 Å². The second kappa shape index (κ2) is 2.62. The number of hydrogen-bond acceptors (Lipinski definition) is 2. The van der Waals surface area contributed by atoms with Crippen molar-refractivity contribution in [1.29, 1.82) is 0 Å². The standard InChI is InChI=1S/C8H4F2N2O/c9-4-2-1-3-5-6(4)7(10)12-8(13)11-5/h1-3H,(H,11,12,13). The molecule has 0 fully saturated rings. The maximum Gasteiger partial charge on any atom is 0.347 e. The summed E-state index contributed by atoms with van der Waals surface area (Å²) in [5, 5.41) is -0.290. The highest BCUT2D eigenvalue weighted by molar-refractivity contribution is 5.78. The molecule has 0 unspecified atom stereocenters. The number of halogens is 2. The smallest absolute Gasteiger partial charge is 0.281 e. The molecule has 1 N–H and O–H groups in total. The van der Waals surface area contributed by atoms with E-state index in [1.54, 1.807) is 4.98 Å². The van der Waals surface area contributed by atoms with Gasteiger partial charge in [-0.05, 0) is 12.1 Å². The number of hydrogen-bond donors (Lipinski definition) is 1. The minimum atomic E-state index is -0.992. The molecule has 1 aromatic heterocycles. The molecule has 2 aromatic rings. The zero-order chi connectivity index (χ0) is 9.42. The predicted octanol–water partition coefficient (Wildman–Crippen LogP) is 1.20. The van der Waals surface area contributed by atoms with Crippen molar-refractivity contribution in [2.45, 2.75) is 0 Å². The van der Waals surface area contributed by atoms with Crippen LogP contribution in [0.3, 0.4) is 0 Å². The Balaban J connectivity index is 3.03. The molecule has 0 aliphatic rings. The average molecular weight is 182 g/mol. The fourth-order valence-electron chi connectivity index (χ4n) is 1.12. The van der Waals surface area contributed by atoms with Crippen LogP contribution in [-0.4, -0.2) is 9.97 Å². The van der Waals surface area contributed by atoms with Gasteiger partial charge in [-0.1, -0.05) is 6.07 Å². The lowest BCUT2D eigenvalue weighted by atomic mass is 10.2. The zero-order valence-electron chi connectivity index (χ0n) is 6.34. The van der Waals surface area contributed by atoms with Crippen molar-refractivity contribution in [3.63, 3.8) is 0 Å². The largest absolute Gasteiger partial charge is 0.347 e. The van der Waals surface area contributed by atoms with Crippen molar-refractivity contribution >= 4 is 10.9 Å². The van der Waals surface area contributed by atoms with Gasteiger partial charge in [0.05, 0.1) is 10.9 Å². The topological polar surface area (TPSA) is 45.8 Å². The minimum Gasteiger partial charge on any atom is -0.281 e. The summed E-state index contributed by atoms with van der Waals surface area (Å²) in [6, 6.07) is 3.84. The molecule has 0 saturated heterocycles. The van der Waals surface area contributed by atoms with Gasteiger partial charge in [0.1, 0.15) is 5.82 Å². The van der Waals surface area contributed by atoms with Crippen LogP contribution < -0.4 is 5.69 Å². The molecule has 2 rings (SSSR count). The Labute approximate surface area is 71.0 Å². The molecule has 0 bridgehead atoms. The number of nitrogens with zero attached hydrogens (tertiary/aromatic N) is 1. The van der Waals surface area contributed by atoms with E-state index >= 15 is 0 Å². The van der Waals surface area contributed by atoms with E-state index in [1.807, 2.05) is 0 Å². The van der Waals surface area contributed by atoms with Gasteiger partial charge in [0.2, 0.25) is 5.95 Å². The number of nitrogens with one attached hydrogen (secondary N) is 1. The number of aromatic nitrogens is 2. The van der Waals surface area contributed by atoms with Gasteiger partial charge in [-0.25, -0.2) is 9.18 Å². The van der Waals surface area contributed by atoms with Crippen LogP contribution in [0, 0.1) is 11.8 Å². The summed E-state index contributed by atoms with van der Waals surface area (Å²) < 4.78 is 25.9. The molecule has 5 heteroatoms. The first-order valence-corrected chi connectivity index (χ1v) is 3.52. The van der Waals surface area contributed by atoms with Crippen LogP contribution in [0.1, 0.15) is 0 Å². The Morgan fingerprint density at radius 2 is 2.08 bits per heavy atom. The Morgan fingerprint density at radius 3 is 2.85 bits per heavy atom. The molecule has 0 radical (unpaired) electrons. The molecule has 3 nitrogen and oxygen atoms in total. The van der Waals surface area contributed by atoms with Gasteiger partial charge in [-0.15, -0.1) is 0 Å². The third-order valence-corrected chi connectivity index (χ3v) is 1.65. The summed E-state index contributed by atoms with van der Waals surface area (Å²) in [4.78, 5) is 15.9. The Bertz CT molecular complexity index is 521. The van der Waals surface area contributed by atoms with Gasteiger partial charge < -0.3 is 0 Å². The van der Waals surface area contributed by atoms with Crippen LogP contribution in [0.5, 0.6) is 0 Å². The maximum absolute atomic E-state index is 13.0. The van der Waals surface area contributed by atoms with Crippen molar-refractivity contribution in [1.82, 2.24) is 9.97 Å². The molecule has 66 valence electrons. The number of aromatic amines is 1. The summed E-state index contributed by atoms with van der Waals surface area (Å²) >= 11 is 0. The lowest BCUT2D eigenvalue weighted by molar-refractivity contribution is 0.572. The van der Waals surface area contributed by atoms with Gasteiger partial charge in [-0.2, -0.15) is 9.37 Å². The third-order valence-electron chi connectivity index (χ3n) is 1.65. The molecule has 0 atom stereocenters. The zero-order valence-corrected chi connectivity index (χ0v) is 6.34. The Morgan fingerprint density at radius 1 is 1.31 bits per heavy atom. The lowest BCUT2D eigenvalue weighted by Crippen LogP contribution is -2.12. The lowest BCUT2D eigenvalue weighted by Gasteiger charge is -1.97. The molecule has 0 spiro atoms. The molecular formula is C8H4F2N2O. The van der Waals surface area contributed by atoms with Crippen LogP contribution in [0.25, 0.3) is 10.9 Å². The Kier molecular flexibility index (Phi) is 1.58. The molecule has 1 heterocycles. The fraction of sp³-hybridized carbons (Fsp3) is 0. The number of benzene rings is 1. The SMILES string of the molecule is O=c1nc2cccc(F)c2c(F)[nH]1. The third kappa shape index (κ3) is 1.18. The summed E-state index contributed by atoms with van der Waals surface area (Å²) in [6.45, 7) is 0. The highest BCUT2D eigenvalue weighted by Crippen LogP contribution is 2.15. The van der Waals surface area contributed by atoms with E-state index in [4.69, 9.17) is 0 Å². The molecule has 13 heavy (non-hydrogen) atoms. The minimum absolute atomic E-state index is 0.0150. The molecular weight excluding hydrogens is 178 g/mol. The predicted molar refractivity (Wildman–Crippen MR) is 42.3 cm³/mol. The fourth-order valence-corrected chi connectivity index (χ4v) is 1.12. The van der Waals surface area contributed by atoms with Crippen molar-refractivity contribution in [2.24, 2.45) is 0 Å². The van der Waals surface area contributed by atoms with E-state index in [0.717, 1.165) is 6.07 Å². The van der Waals surface area contributed by atoms with Gasteiger partial charge >= 0.3 is 5.69 Å². The molecule has 0 saturated carbocycles. The number of H-pyrrole nitrogens is 1. The highest BCUT2D eigenvalue weighted by Gasteiger charge is 2.07. The molecule has 0 amide bonds. The number of fused-ring (bicyclic) bond motifs is 1. The van der Waals surface area contributed by atoms with E-state index in [9.17, 15) is 13.6 Å². The summed E-state index contributed by atoms with van der Waals surface area (Å²) in [7, 11) is 0. The maximum atomic E-state index is 13.0. The van der Waals surface area contributed by atoms with Crippen molar-refractivity contribution in [3.05, 3.63) is 40.4 Å². The average Bonchev–Trinajstić information content (AvgIpc) is 2.02. The van der Waals surface area contributed by atoms with E-state index in [-0.39, 0.29) is 10.9 Å². The second-order valence-corrected chi connectivity index (χ2v) is 2.49. The van der Waals surface area contributed by atoms with Crippen LogP contribution in [0.15, 0.2) is 23.0 Å². The monoisotopic (exact) mass is 182 g/mol. The Hall–Kier alpha value is -1.78. The van der Waals surface area contributed by atoms with Crippen molar-refractivity contribution in [3.8, 4) is 0 Å². The second-order valence-electron chi connectivity index (χ2n) is 2.49. The highest BCUT2D eigenvalue weighted by atomic mass is 19.1. The van der Waals surface area contributed by atoms with Crippen molar-refractivity contribution in [2.75, 3.05) is 0 Å². The quantitative estimate of drug-likeness (QED) is 0.622. The summed E-state index contributed by atoms with van der Waals surface area (Å²) in [5.41, 5.74) is -0.808. The number of rotatable bonds is 0. The van der Waals surface area contributed by atoms with E-state index in [0.29, 0.717) is 0 Å².